The standard InChI is InChI=1S/C18H18F4N2O2/c19-14-2-1-3-15-16(14)23(10-4-5-10)6-7-24(15)17(26)12-8-11(25)9-13(12)18(20,21)22/h1-3,10,12-13H,4-9H2. The van der Waals surface area contributed by atoms with Crippen LogP contribution in [0.4, 0.5) is 28.9 Å². The Balaban J connectivity index is 1.68. The Morgan fingerprint density at radius 2 is 1.85 bits per heavy atom. The maximum Gasteiger partial charge on any atom is 0.393 e. The van der Waals surface area contributed by atoms with E-state index in [4.69, 9.17) is 0 Å². The summed E-state index contributed by atoms with van der Waals surface area (Å²) in [6.07, 6.45) is -3.79. The molecule has 1 amide bonds. The number of Topliss-reactive ketones (excluding diaryl/α,β-unsaturated/α-hetero) is 1. The molecule has 0 radical (unpaired) electrons. The monoisotopic (exact) mass is 370 g/mol. The van der Waals surface area contributed by atoms with E-state index in [9.17, 15) is 27.2 Å². The Hall–Kier alpha value is -2.12. The highest BCUT2D eigenvalue weighted by atomic mass is 19.4. The van der Waals surface area contributed by atoms with Crippen molar-refractivity contribution in [1.82, 2.24) is 0 Å². The van der Waals surface area contributed by atoms with Crippen LogP contribution in [0.5, 0.6) is 0 Å². The number of anilines is 2. The van der Waals surface area contributed by atoms with Crippen molar-refractivity contribution in [3.8, 4) is 0 Å². The van der Waals surface area contributed by atoms with E-state index < -0.39 is 48.4 Å². The van der Waals surface area contributed by atoms with Gasteiger partial charge < -0.3 is 9.80 Å². The van der Waals surface area contributed by atoms with Crippen molar-refractivity contribution in [2.45, 2.75) is 37.9 Å². The number of carbonyl (C=O) groups excluding carboxylic acids is 2. The van der Waals surface area contributed by atoms with Crippen molar-refractivity contribution in [1.29, 1.82) is 0 Å². The summed E-state index contributed by atoms with van der Waals surface area (Å²) in [6, 6.07) is 4.52. The summed E-state index contributed by atoms with van der Waals surface area (Å²) in [4.78, 5) is 27.6. The number of halogens is 4. The van der Waals surface area contributed by atoms with Crippen LogP contribution in [-0.4, -0.2) is 37.0 Å². The number of rotatable bonds is 2. The number of alkyl halides is 3. The van der Waals surface area contributed by atoms with Gasteiger partial charge in [-0.05, 0) is 25.0 Å². The molecule has 0 saturated heterocycles. The van der Waals surface area contributed by atoms with Crippen molar-refractivity contribution in [3.05, 3.63) is 24.0 Å². The van der Waals surface area contributed by atoms with Gasteiger partial charge >= 0.3 is 6.18 Å². The number of benzene rings is 1. The molecule has 2 unspecified atom stereocenters. The lowest BCUT2D eigenvalue weighted by molar-refractivity contribution is -0.185. The van der Waals surface area contributed by atoms with Gasteiger partial charge in [0.25, 0.3) is 0 Å². The molecule has 4 nitrogen and oxygen atoms in total. The minimum atomic E-state index is -4.60. The molecule has 26 heavy (non-hydrogen) atoms. The summed E-state index contributed by atoms with van der Waals surface area (Å²) in [7, 11) is 0. The summed E-state index contributed by atoms with van der Waals surface area (Å²) in [5.41, 5.74) is 0.580. The van der Waals surface area contributed by atoms with Gasteiger partial charge in [0.1, 0.15) is 11.6 Å². The Morgan fingerprint density at radius 1 is 1.12 bits per heavy atom. The summed E-state index contributed by atoms with van der Waals surface area (Å²) in [6.45, 7) is 0.572. The number of para-hydroxylation sites is 1. The molecule has 4 rings (SSSR count). The van der Waals surface area contributed by atoms with E-state index >= 15 is 0 Å². The summed E-state index contributed by atoms with van der Waals surface area (Å²) < 4.78 is 54.2. The molecule has 0 aromatic heterocycles. The Labute approximate surface area is 147 Å². The molecule has 8 heteroatoms. The van der Waals surface area contributed by atoms with Gasteiger partial charge in [-0.25, -0.2) is 4.39 Å². The molecule has 0 bridgehead atoms. The minimum absolute atomic E-state index is 0.195. The van der Waals surface area contributed by atoms with Gasteiger partial charge in [-0.15, -0.1) is 0 Å². The fraction of sp³-hybridized carbons (Fsp3) is 0.556. The van der Waals surface area contributed by atoms with Gasteiger partial charge in [0.05, 0.1) is 23.2 Å². The fourth-order valence-electron chi connectivity index (χ4n) is 4.09. The lowest BCUT2D eigenvalue weighted by Gasteiger charge is -2.39. The molecule has 2 fully saturated rings. The van der Waals surface area contributed by atoms with E-state index in [1.807, 2.05) is 4.90 Å². The molecule has 0 spiro atoms. The van der Waals surface area contributed by atoms with E-state index in [1.54, 1.807) is 6.07 Å². The lowest BCUT2D eigenvalue weighted by atomic mass is 9.93. The van der Waals surface area contributed by atoms with Crippen LogP contribution in [0.2, 0.25) is 0 Å². The van der Waals surface area contributed by atoms with Crippen molar-refractivity contribution in [2.24, 2.45) is 11.8 Å². The third kappa shape index (κ3) is 2.85. The van der Waals surface area contributed by atoms with Gasteiger partial charge in [-0.2, -0.15) is 13.2 Å². The minimum Gasteiger partial charge on any atom is -0.363 e. The SMILES string of the molecule is O=C1CC(C(=O)N2CCN(C3CC3)c3c(F)cccc32)C(C(F)(F)F)C1. The average Bonchev–Trinajstić information content (AvgIpc) is 3.34. The second-order valence-corrected chi connectivity index (χ2v) is 7.22. The van der Waals surface area contributed by atoms with Gasteiger partial charge in [0.2, 0.25) is 5.91 Å². The van der Waals surface area contributed by atoms with Crippen LogP contribution < -0.4 is 9.80 Å². The predicted octanol–water partition coefficient (Wildman–Crippen LogP) is 3.30. The van der Waals surface area contributed by atoms with E-state index in [2.05, 4.69) is 0 Å². The molecule has 1 aromatic carbocycles. The Bertz CT molecular complexity index is 760. The van der Waals surface area contributed by atoms with Crippen LogP contribution in [-0.2, 0) is 9.59 Å². The van der Waals surface area contributed by atoms with Gasteiger partial charge in [0.15, 0.2) is 0 Å². The average molecular weight is 370 g/mol. The third-order valence-electron chi connectivity index (χ3n) is 5.48. The topological polar surface area (TPSA) is 40.6 Å². The van der Waals surface area contributed by atoms with Gasteiger partial charge in [-0.1, -0.05) is 6.07 Å². The van der Waals surface area contributed by atoms with E-state index in [0.29, 0.717) is 12.2 Å². The number of hydrogen-bond acceptors (Lipinski definition) is 3. The smallest absolute Gasteiger partial charge is 0.363 e. The first kappa shape index (κ1) is 17.3. The zero-order valence-electron chi connectivity index (χ0n) is 13.9. The highest BCUT2D eigenvalue weighted by Gasteiger charge is 2.54. The van der Waals surface area contributed by atoms with Crippen LogP contribution in [0, 0.1) is 17.7 Å². The van der Waals surface area contributed by atoms with Gasteiger partial charge in [-0.3, -0.25) is 9.59 Å². The molecule has 140 valence electrons. The van der Waals surface area contributed by atoms with Crippen molar-refractivity contribution in [2.75, 3.05) is 22.9 Å². The Morgan fingerprint density at radius 3 is 2.50 bits per heavy atom. The molecule has 1 aliphatic heterocycles. The highest BCUT2D eigenvalue weighted by molar-refractivity contribution is 6.02. The quantitative estimate of drug-likeness (QED) is 0.750. The number of carbonyl (C=O) groups is 2. The second-order valence-electron chi connectivity index (χ2n) is 7.22. The molecule has 3 aliphatic rings. The summed E-state index contributed by atoms with van der Waals surface area (Å²) >= 11 is 0. The molecular formula is C18H18F4N2O2. The van der Waals surface area contributed by atoms with E-state index in [0.717, 1.165) is 12.8 Å². The molecule has 1 aromatic rings. The zero-order chi connectivity index (χ0) is 18.6. The van der Waals surface area contributed by atoms with Crippen LogP contribution >= 0.6 is 0 Å². The number of ketones is 1. The largest absolute Gasteiger partial charge is 0.393 e. The lowest BCUT2D eigenvalue weighted by Crippen LogP contribution is -2.49. The van der Waals surface area contributed by atoms with Crippen LogP contribution in [0.1, 0.15) is 25.7 Å². The van der Waals surface area contributed by atoms with Crippen molar-refractivity contribution >= 4 is 23.1 Å². The first-order valence-electron chi connectivity index (χ1n) is 8.72. The number of hydrogen-bond donors (Lipinski definition) is 0. The number of nitrogens with zero attached hydrogens (tertiary/aromatic N) is 2. The molecule has 0 N–H and O–H groups in total. The first-order chi connectivity index (χ1) is 12.3. The molecule has 2 saturated carbocycles. The molecule has 2 aliphatic carbocycles. The van der Waals surface area contributed by atoms with E-state index in [1.165, 1.54) is 17.0 Å². The van der Waals surface area contributed by atoms with Crippen molar-refractivity contribution < 1.29 is 27.2 Å². The summed E-state index contributed by atoms with van der Waals surface area (Å²) in [5, 5.41) is 0. The van der Waals surface area contributed by atoms with Crippen LogP contribution in [0.15, 0.2) is 18.2 Å². The fourth-order valence-corrected chi connectivity index (χ4v) is 4.09. The van der Waals surface area contributed by atoms with Crippen LogP contribution in [0.3, 0.4) is 0 Å². The van der Waals surface area contributed by atoms with E-state index in [-0.39, 0.29) is 18.3 Å². The zero-order valence-corrected chi connectivity index (χ0v) is 13.9. The normalized spacial score (nSPS) is 26.2. The second kappa shape index (κ2) is 5.96. The number of fused-ring (bicyclic) bond motifs is 1. The first-order valence-corrected chi connectivity index (χ1v) is 8.72. The molecule has 2 atom stereocenters. The maximum atomic E-state index is 14.4. The van der Waals surface area contributed by atoms with Crippen LogP contribution in [0.25, 0.3) is 0 Å². The molecular weight excluding hydrogens is 352 g/mol. The predicted molar refractivity (Wildman–Crippen MR) is 86.4 cm³/mol. The summed E-state index contributed by atoms with van der Waals surface area (Å²) in [5.74, 6) is -5.16. The molecule has 1 heterocycles. The highest BCUT2D eigenvalue weighted by Crippen LogP contribution is 2.46. The van der Waals surface area contributed by atoms with Crippen molar-refractivity contribution in [3.63, 3.8) is 0 Å². The Kier molecular flexibility index (Phi) is 3.96. The number of amides is 1. The maximum absolute atomic E-state index is 14.4. The van der Waals surface area contributed by atoms with Gasteiger partial charge in [0, 0.05) is 32.0 Å². The third-order valence-corrected chi connectivity index (χ3v) is 5.48.